The van der Waals surface area contributed by atoms with Crippen molar-refractivity contribution in [2.24, 2.45) is 0 Å². The summed E-state index contributed by atoms with van der Waals surface area (Å²) in [4.78, 5) is 24.7. The Morgan fingerprint density at radius 3 is 2.87 bits per heavy atom. The molecular formula is C17H14ClNO3S. The molecule has 1 heterocycles. The molecule has 0 radical (unpaired) electrons. The fourth-order valence-corrected chi connectivity index (χ4v) is 3.38. The van der Waals surface area contributed by atoms with E-state index < -0.39 is 12.1 Å². The number of esters is 1. The zero-order valence-corrected chi connectivity index (χ0v) is 13.9. The van der Waals surface area contributed by atoms with Gasteiger partial charge in [0.1, 0.15) is 6.10 Å². The molecule has 2 aromatic carbocycles. The van der Waals surface area contributed by atoms with Gasteiger partial charge in [0.15, 0.2) is 0 Å². The largest absolute Gasteiger partial charge is 0.454 e. The second-order valence-corrected chi connectivity index (χ2v) is 6.54. The Kier molecular flexibility index (Phi) is 4.59. The first-order valence-electron chi connectivity index (χ1n) is 7.06. The number of ether oxygens (including phenoxy) is 1. The van der Waals surface area contributed by atoms with Crippen LogP contribution in [0.2, 0.25) is 5.02 Å². The molecule has 118 valence electrons. The number of fused-ring (bicyclic) bond motifs is 1. The van der Waals surface area contributed by atoms with Gasteiger partial charge in [0.25, 0.3) is 0 Å². The highest BCUT2D eigenvalue weighted by atomic mass is 35.5. The highest BCUT2D eigenvalue weighted by Crippen LogP contribution is 2.33. The Morgan fingerprint density at radius 1 is 1.30 bits per heavy atom. The summed E-state index contributed by atoms with van der Waals surface area (Å²) in [5, 5.41) is 3.32. The second kappa shape index (κ2) is 6.64. The van der Waals surface area contributed by atoms with Crippen LogP contribution in [0.4, 0.5) is 5.69 Å². The van der Waals surface area contributed by atoms with Crippen LogP contribution in [-0.4, -0.2) is 17.6 Å². The van der Waals surface area contributed by atoms with E-state index >= 15 is 0 Å². The van der Waals surface area contributed by atoms with Crippen molar-refractivity contribution in [3.05, 3.63) is 58.6 Å². The van der Waals surface area contributed by atoms with Crippen LogP contribution in [0.25, 0.3) is 0 Å². The van der Waals surface area contributed by atoms with Crippen LogP contribution in [0.5, 0.6) is 0 Å². The molecule has 2 aromatic rings. The van der Waals surface area contributed by atoms with Crippen LogP contribution in [0.15, 0.2) is 47.4 Å². The van der Waals surface area contributed by atoms with Gasteiger partial charge in [-0.1, -0.05) is 29.8 Å². The van der Waals surface area contributed by atoms with Crippen molar-refractivity contribution in [3.8, 4) is 0 Å². The van der Waals surface area contributed by atoms with E-state index in [1.165, 1.54) is 11.8 Å². The van der Waals surface area contributed by atoms with Crippen molar-refractivity contribution in [3.63, 3.8) is 0 Å². The van der Waals surface area contributed by atoms with Gasteiger partial charge in [0.2, 0.25) is 5.91 Å². The van der Waals surface area contributed by atoms with Gasteiger partial charge in [-0.25, -0.2) is 4.79 Å². The van der Waals surface area contributed by atoms with Gasteiger partial charge < -0.3 is 10.1 Å². The van der Waals surface area contributed by atoms with E-state index in [0.717, 1.165) is 10.5 Å². The molecule has 0 fully saturated rings. The lowest BCUT2D eigenvalue weighted by molar-refractivity contribution is -0.113. The zero-order chi connectivity index (χ0) is 16.4. The van der Waals surface area contributed by atoms with E-state index in [1.54, 1.807) is 25.1 Å². The molecule has 3 rings (SSSR count). The monoisotopic (exact) mass is 347 g/mol. The van der Waals surface area contributed by atoms with Crippen molar-refractivity contribution >= 4 is 40.9 Å². The lowest BCUT2D eigenvalue weighted by atomic mass is 10.1. The van der Waals surface area contributed by atoms with Crippen molar-refractivity contribution in [2.45, 2.75) is 17.9 Å². The SMILES string of the molecule is C[C@@H](OC(=O)c1ccc2c(c1)NC(=O)CS2)c1ccccc1Cl. The summed E-state index contributed by atoms with van der Waals surface area (Å²) in [5.74, 6) is -0.136. The molecular weight excluding hydrogens is 334 g/mol. The van der Waals surface area contributed by atoms with Crippen LogP contribution < -0.4 is 5.32 Å². The first-order chi connectivity index (χ1) is 11.0. The maximum atomic E-state index is 12.3. The lowest BCUT2D eigenvalue weighted by Crippen LogP contribution is -2.19. The van der Waals surface area contributed by atoms with Gasteiger partial charge >= 0.3 is 5.97 Å². The number of carbonyl (C=O) groups excluding carboxylic acids is 2. The molecule has 0 saturated heterocycles. The molecule has 6 heteroatoms. The normalized spacial score (nSPS) is 14.6. The summed E-state index contributed by atoms with van der Waals surface area (Å²) >= 11 is 7.57. The molecule has 1 aliphatic heterocycles. The van der Waals surface area contributed by atoms with Gasteiger partial charge in [-0.2, -0.15) is 0 Å². The minimum atomic E-state index is -0.462. The molecule has 0 unspecified atom stereocenters. The maximum absolute atomic E-state index is 12.3. The van der Waals surface area contributed by atoms with Crippen molar-refractivity contribution in [1.29, 1.82) is 0 Å². The summed E-state index contributed by atoms with van der Waals surface area (Å²) in [5.41, 5.74) is 1.79. The Hall–Kier alpha value is -1.98. The highest BCUT2D eigenvalue weighted by molar-refractivity contribution is 8.00. The molecule has 1 N–H and O–H groups in total. The molecule has 0 bridgehead atoms. The van der Waals surface area contributed by atoms with Gasteiger partial charge in [0.05, 0.1) is 17.0 Å². The number of thioether (sulfide) groups is 1. The van der Waals surface area contributed by atoms with E-state index in [4.69, 9.17) is 16.3 Å². The number of hydrogen-bond acceptors (Lipinski definition) is 4. The summed E-state index contributed by atoms with van der Waals surface area (Å²) in [6.07, 6.45) is -0.462. The van der Waals surface area contributed by atoms with Crippen LogP contribution >= 0.6 is 23.4 Å². The Labute approximate surface area is 143 Å². The first-order valence-corrected chi connectivity index (χ1v) is 8.43. The van der Waals surface area contributed by atoms with E-state index in [0.29, 0.717) is 22.0 Å². The Morgan fingerprint density at radius 2 is 2.09 bits per heavy atom. The van der Waals surface area contributed by atoms with Crippen LogP contribution in [-0.2, 0) is 9.53 Å². The van der Waals surface area contributed by atoms with Gasteiger partial charge in [-0.15, -0.1) is 11.8 Å². The summed E-state index contributed by atoms with van der Waals surface area (Å²) in [6.45, 7) is 1.77. The zero-order valence-electron chi connectivity index (χ0n) is 12.3. The Balaban J connectivity index is 1.77. The summed E-state index contributed by atoms with van der Waals surface area (Å²) in [6, 6.07) is 12.4. The van der Waals surface area contributed by atoms with Gasteiger partial charge in [-0.05, 0) is 31.2 Å². The molecule has 0 aliphatic carbocycles. The standard InChI is InChI=1S/C17H14ClNO3S/c1-10(12-4-2-3-5-13(12)18)22-17(21)11-6-7-15-14(8-11)19-16(20)9-23-15/h2-8,10H,9H2,1H3,(H,19,20)/t10-/m1/s1. The maximum Gasteiger partial charge on any atom is 0.338 e. The number of hydrogen-bond donors (Lipinski definition) is 1. The van der Waals surface area contributed by atoms with E-state index in [9.17, 15) is 9.59 Å². The van der Waals surface area contributed by atoms with Gasteiger partial charge in [-0.3, -0.25) is 4.79 Å². The topological polar surface area (TPSA) is 55.4 Å². The number of carbonyl (C=O) groups is 2. The number of nitrogens with one attached hydrogen (secondary N) is 1. The minimum absolute atomic E-state index is 0.0718. The van der Waals surface area contributed by atoms with Crippen molar-refractivity contribution < 1.29 is 14.3 Å². The first kappa shape index (κ1) is 15.9. The fourth-order valence-electron chi connectivity index (χ4n) is 2.31. The quantitative estimate of drug-likeness (QED) is 0.841. The molecule has 0 aromatic heterocycles. The third-order valence-corrected chi connectivity index (χ3v) is 4.89. The molecule has 1 aliphatic rings. The van der Waals surface area contributed by atoms with Crippen LogP contribution in [0.3, 0.4) is 0 Å². The molecule has 0 spiro atoms. The van der Waals surface area contributed by atoms with Crippen molar-refractivity contribution in [2.75, 3.05) is 11.1 Å². The number of anilines is 1. The Bertz CT molecular complexity index is 778. The number of amides is 1. The number of benzene rings is 2. The van der Waals surface area contributed by atoms with E-state index in [-0.39, 0.29) is 5.91 Å². The van der Waals surface area contributed by atoms with E-state index in [1.807, 2.05) is 24.3 Å². The smallest absolute Gasteiger partial charge is 0.338 e. The molecule has 23 heavy (non-hydrogen) atoms. The summed E-state index contributed by atoms with van der Waals surface area (Å²) in [7, 11) is 0. The predicted molar refractivity (Wildman–Crippen MR) is 91.1 cm³/mol. The third kappa shape index (κ3) is 3.51. The second-order valence-electron chi connectivity index (χ2n) is 5.12. The third-order valence-electron chi connectivity index (χ3n) is 3.48. The average Bonchev–Trinajstić information content (AvgIpc) is 2.54. The number of halogens is 1. The van der Waals surface area contributed by atoms with Crippen molar-refractivity contribution in [1.82, 2.24) is 0 Å². The minimum Gasteiger partial charge on any atom is -0.454 e. The predicted octanol–water partition coefficient (Wildman–Crippen LogP) is 4.30. The fraction of sp³-hybridized carbons (Fsp3) is 0.176. The van der Waals surface area contributed by atoms with Crippen LogP contribution in [0, 0.1) is 0 Å². The molecule has 4 nitrogen and oxygen atoms in total. The van der Waals surface area contributed by atoms with Gasteiger partial charge in [0, 0.05) is 15.5 Å². The average molecular weight is 348 g/mol. The molecule has 1 atom stereocenters. The van der Waals surface area contributed by atoms with E-state index in [2.05, 4.69) is 5.32 Å². The highest BCUT2D eigenvalue weighted by Gasteiger charge is 2.20. The molecule has 1 amide bonds. The molecule has 0 saturated carbocycles. The summed E-state index contributed by atoms with van der Waals surface area (Å²) < 4.78 is 5.48. The number of rotatable bonds is 3. The van der Waals surface area contributed by atoms with Crippen LogP contribution in [0.1, 0.15) is 28.9 Å². The lowest BCUT2D eigenvalue weighted by Gasteiger charge is -2.18.